The van der Waals surface area contributed by atoms with E-state index < -0.39 is 5.97 Å². The van der Waals surface area contributed by atoms with Crippen LogP contribution >= 0.6 is 22.7 Å². The zero-order chi connectivity index (χ0) is 17.6. The maximum absolute atomic E-state index is 12.0. The average Bonchev–Trinajstić information content (AvgIpc) is 3.26. The van der Waals surface area contributed by atoms with Crippen LogP contribution in [0.2, 0.25) is 0 Å². The van der Waals surface area contributed by atoms with Gasteiger partial charge in [-0.1, -0.05) is 25.8 Å². The van der Waals surface area contributed by atoms with Gasteiger partial charge in [-0.3, -0.25) is 9.59 Å². The second-order valence-corrected chi connectivity index (χ2v) is 8.20. The molecule has 5 nitrogen and oxygen atoms in total. The molecule has 2 aromatic rings. The molecule has 1 fully saturated rings. The van der Waals surface area contributed by atoms with Crippen molar-refractivity contribution in [3.8, 4) is 9.88 Å². The van der Waals surface area contributed by atoms with Crippen molar-refractivity contribution in [1.82, 2.24) is 10.3 Å². The number of hydrogen-bond acceptors (Lipinski definition) is 6. The standard InChI is InChI=1S/C18H22N2O3S2/c1-12-5-2-3-6-14(12)20-16(21)10-23-17(22)9-13-11-25-18(19-13)15-7-4-8-24-15/h4,7-8,11-12,14H,2-3,5-6,9-10H2,1H3,(H,20,21)/t12-,14-/m0/s1. The Hall–Kier alpha value is -1.73. The monoisotopic (exact) mass is 378 g/mol. The number of amides is 1. The average molecular weight is 379 g/mol. The maximum Gasteiger partial charge on any atom is 0.312 e. The lowest BCUT2D eigenvalue weighted by molar-refractivity contribution is -0.148. The van der Waals surface area contributed by atoms with E-state index in [1.54, 1.807) is 11.3 Å². The number of nitrogens with zero attached hydrogens (tertiary/aromatic N) is 1. The lowest BCUT2D eigenvalue weighted by Crippen LogP contribution is -2.42. The summed E-state index contributed by atoms with van der Waals surface area (Å²) < 4.78 is 5.10. The summed E-state index contributed by atoms with van der Waals surface area (Å²) in [5.74, 6) is -0.154. The van der Waals surface area contributed by atoms with Gasteiger partial charge in [0.15, 0.2) is 6.61 Å². The van der Waals surface area contributed by atoms with Crippen LogP contribution in [0.4, 0.5) is 0 Å². The molecule has 25 heavy (non-hydrogen) atoms. The molecule has 7 heteroatoms. The molecule has 0 bridgehead atoms. The third-order valence-corrected chi connectivity index (χ3v) is 6.36. The molecule has 2 aromatic heterocycles. The molecular formula is C18H22N2O3S2. The third-order valence-electron chi connectivity index (χ3n) is 4.43. The van der Waals surface area contributed by atoms with Crippen molar-refractivity contribution >= 4 is 34.6 Å². The van der Waals surface area contributed by atoms with Crippen molar-refractivity contribution in [2.75, 3.05) is 6.61 Å². The summed E-state index contributed by atoms with van der Waals surface area (Å²) in [6.07, 6.45) is 4.61. The van der Waals surface area contributed by atoms with Gasteiger partial charge in [0.25, 0.3) is 5.91 Å². The van der Waals surface area contributed by atoms with Gasteiger partial charge in [0.05, 0.1) is 17.0 Å². The second-order valence-electron chi connectivity index (χ2n) is 6.39. The van der Waals surface area contributed by atoms with Crippen molar-refractivity contribution in [2.24, 2.45) is 5.92 Å². The Bertz CT molecular complexity index is 712. The van der Waals surface area contributed by atoms with Gasteiger partial charge in [0.2, 0.25) is 0 Å². The van der Waals surface area contributed by atoms with E-state index in [2.05, 4.69) is 17.2 Å². The van der Waals surface area contributed by atoms with Gasteiger partial charge in [0.1, 0.15) is 5.01 Å². The van der Waals surface area contributed by atoms with Crippen molar-refractivity contribution < 1.29 is 14.3 Å². The fraction of sp³-hybridized carbons (Fsp3) is 0.500. The Morgan fingerprint density at radius 3 is 2.92 bits per heavy atom. The van der Waals surface area contributed by atoms with Gasteiger partial charge in [-0.25, -0.2) is 4.98 Å². The predicted molar refractivity (Wildman–Crippen MR) is 99.7 cm³/mol. The van der Waals surface area contributed by atoms with E-state index in [0.717, 1.165) is 29.1 Å². The molecule has 1 aliphatic carbocycles. The number of aromatic nitrogens is 1. The van der Waals surface area contributed by atoms with Crippen molar-refractivity contribution in [1.29, 1.82) is 0 Å². The highest BCUT2D eigenvalue weighted by Crippen LogP contribution is 2.28. The van der Waals surface area contributed by atoms with Gasteiger partial charge in [-0.15, -0.1) is 22.7 Å². The summed E-state index contributed by atoms with van der Waals surface area (Å²) >= 11 is 3.13. The fourth-order valence-corrected chi connectivity index (χ4v) is 4.66. The molecule has 0 saturated heterocycles. The molecule has 1 aliphatic rings. The molecule has 3 rings (SSSR count). The molecule has 134 valence electrons. The molecule has 2 atom stereocenters. The Morgan fingerprint density at radius 1 is 1.32 bits per heavy atom. The minimum Gasteiger partial charge on any atom is -0.455 e. The molecule has 1 saturated carbocycles. The summed E-state index contributed by atoms with van der Waals surface area (Å²) in [6, 6.07) is 4.18. The van der Waals surface area contributed by atoms with E-state index in [1.807, 2.05) is 22.9 Å². The molecule has 0 aliphatic heterocycles. The van der Waals surface area contributed by atoms with Crippen molar-refractivity contribution in [3.05, 3.63) is 28.6 Å². The number of ether oxygens (including phenoxy) is 1. The zero-order valence-electron chi connectivity index (χ0n) is 14.2. The summed E-state index contributed by atoms with van der Waals surface area (Å²) in [5.41, 5.74) is 0.680. The molecular weight excluding hydrogens is 356 g/mol. The number of carbonyl (C=O) groups excluding carboxylic acids is 2. The Kier molecular flexibility index (Phi) is 6.20. The van der Waals surface area contributed by atoms with Crippen LogP contribution in [-0.4, -0.2) is 29.5 Å². The summed E-state index contributed by atoms with van der Waals surface area (Å²) in [6.45, 7) is 1.94. The van der Waals surface area contributed by atoms with Crippen LogP contribution in [-0.2, 0) is 20.7 Å². The van der Waals surface area contributed by atoms with E-state index in [0.29, 0.717) is 11.6 Å². The molecule has 0 aromatic carbocycles. The van der Waals surface area contributed by atoms with Crippen LogP contribution in [0.5, 0.6) is 0 Å². The predicted octanol–water partition coefficient (Wildman–Crippen LogP) is 3.65. The Balaban J connectivity index is 1.42. The van der Waals surface area contributed by atoms with Gasteiger partial charge < -0.3 is 10.1 Å². The Morgan fingerprint density at radius 2 is 2.16 bits per heavy atom. The van der Waals surface area contributed by atoms with E-state index in [9.17, 15) is 9.59 Å². The quantitative estimate of drug-likeness (QED) is 0.779. The number of hydrogen-bond donors (Lipinski definition) is 1. The Labute approximate surface area is 155 Å². The van der Waals surface area contributed by atoms with Crippen LogP contribution in [0, 0.1) is 5.92 Å². The highest BCUT2D eigenvalue weighted by atomic mass is 32.1. The van der Waals surface area contributed by atoms with E-state index in [1.165, 1.54) is 17.8 Å². The molecule has 0 spiro atoms. The molecule has 0 unspecified atom stereocenters. The van der Waals surface area contributed by atoms with Crippen LogP contribution in [0.1, 0.15) is 38.3 Å². The second kappa shape index (κ2) is 8.58. The molecule has 2 heterocycles. The van der Waals surface area contributed by atoms with Crippen LogP contribution in [0.3, 0.4) is 0 Å². The van der Waals surface area contributed by atoms with Gasteiger partial charge in [-0.2, -0.15) is 0 Å². The lowest BCUT2D eigenvalue weighted by Gasteiger charge is -2.29. The van der Waals surface area contributed by atoms with E-state index in [-0.39, 0.29) is 25.0 Å². The summed E-state index contributed by atoms with van der Waals surface area (Å²) in [7, 11) is 0. The highest BCUT2D eigenvalue weighted by molar-refractivity contribution is 7.20. The van der Waals surface area contributed by atoms with Gasteiger partial charge >= 0.3 is 5.97 Å². The first-order valence-corrected chi connectivity index (χ1v) is 10.3. The third kappa shape index (κ3) is 5.12. The number of thiazole rings is 1. The lowest BCUT2D eigenvalue weighted by atomic mass is 9.86. The van der Waals surface area contributed by atoms with Crippen LogP contribution in [0.25, 0.3) is 9.88 Å². The fourth-order valence-electron chi connectivity index (χ4n) is 3.03. The molecule has 1 amide bonds. The van der Waals surface area contributed by atoms with Crippen molar-refractivity contribution in [2.45, 2.75) is 45.1 Å². The minimum absolute atomic E-state index is 0.0922. The van der Waals surface area contributed by atoms with E-state index in [4.69, 9.17) is 4.74 Å². The summed E-state index contributed by atoms with van der Waals surface area (Å²) in [5, 5.41) is 7.74. The number of thiophene rings is 1. The normalized spacial score (nSPS) is 20.2. The van der Waals surface area contributed by atoms with Gasteiger partial charge in [-0.05, 0) is 30.2 Å². The van der Waals surface area contributed by atoms with E-state index >= 15 is 0 Å². The SMILES string of the molecule is C[C@H]1CCCC[C@@H]1NC(=O)COC(=O)Cc1csc(-c2cccs2)n1. The number of rotatable bonds is 6. The number of carbonyl (C=O) groups is 2. The molecule has 0 radical (unpaired) electrons. The van der Waals surface area contributed by atoms with Crippen LogP contribution in [0.15, 0.2) is 22.9 Å². The first-order valence-electron chi connectivity index (χ1n) is 8.55. The van der Waals surface area contributed by atoms with Crippen molar-refractivity contribution in [3.63, 3.8) is 0 Å². The summed E-state index contributed by atoms with van der Waals surface area (Å²) in [4.78, 5) is 29.4. The first kappa shape index (κ1) is 18.1. The van der Waals surface area contributed by atoms with Crippen LogP contribution < -0.4 is 5.32 Å². The maximum atomic E-state index is 12.0. The number of nitrogens with one attached hydrogen (secondary N) is 1. The molecule has 1 N–H and O–H groups in total. The smallest absolute Gasteiger partial charge is 0.312 e. The largest absolute Gasteiger partial charge is 0.455 e. The highest BCUT2D eigenvalue weighted by Gasteiger charge is 2.23. The zero-order valence-corrected chi connectivity index (χ0v) is 15.8. The topological polar surface area (TPSA) is 68.3 Å². The van der Waals surface area contributed by atoms with Gasteiger partial charge in [0, 0.05) is 11.4 Å². The minimum atomic E-state index is -0.421. The number of esters is 1. The first-order chi connectivity index (χ1) is 12.1.